The van der Waals surface area contributed by atoms with Gasteiger partial charge in [0.15, 0.2) is 0 Å². The average molecular weight is 262 g/mol. The third-order valence-electron chi connectivity index (χ3n) is 4.09. The van der Waals surface area contributed by atoms with Crippen LogP contribution in [0, 0.1) is 5.92 Å². The van der Waals surface area contributed by atoms with Crippen molar-refractivity contribution in [2.24, 2.45) is 5.92 Å². The molecule has 1 aromatic carbocycles. The molecular weight excluding hydrogens is 232 g/mol. The standard InChI is InChI=1S/C17H30N2/c1-4-15(5-2)14-19(6-3)13-9-11-16-10-7-8-12-17(16)18/h7-8,10,12,15H,4-6,9,11,13-14,18H2,1-3H3. The first-order chi connectivity index (χ1) is 9.21. The molecule has 0 heterocycles. The van der Waals surface area contributed by atoms with Gasteiger partial charge in [-0.05, 0) is 43.5 Å². The van der Waals surface area contributed by atoms with E-state index in [0.29, 0.717) is 0 Å². The maximum atomic E-state index is 5.98. The lowest BCUT2D eigenvalue weighted by Crippen LogP contribution is -2.30. The Bertz CT molecular complexity index is 345. The van der Waals surface area contributed by atoms with Gasteiger partial charge in [-0.25, -0.2) is 0 Å². The van der Waals surface area contributed by atoms with Crippen molar-refractivity contribution < 1.29 is 0 Å². The number of anilines is 1. The fourth-order valence-corrected chi connectivity index (χ4v) is 2.55. The summed E-state index contributed by atoms with van der Waals surface area (Å²) in [6.07, 6.45) is 4.87. The number of hydrogen-bond donors (Lipinski definition) is 1. The molecule has 0 aromatic heterocycles. The molecule has 19 heavy (non-hydrogen) atoms. The van der Waals surface area contributed by atoms with Crippen LogP contribution < -0.4 is 5.73 Å². The van der Waals surface area contributed by atoms with Gasteiger partial charge in [0.1, 0.15) is 0 Å². The predicted molar refractivity (Wildman–Crippen MR) is 85.4 cm³/mol. The van der Waals surface area contributed by atoms with Gasteiger partial charge in [0, 0.05) is 12.2 Å². The summed E-state index contributed by atoms with van der Waals surface area (Å²) in [5.41, 5.74) is 8.21. The summed E-state index contributed by atoms with van der Waals surface area (Å²) in [6.45, 7) is 10.4. The second kappa shape index (κ2) is 8.98. The van der Waals surface area contributed by atoms with Crippen molar-refractivity contribution in [2.75, 3.05) is 25.4 Å². The Morgan fingerprint density at radius 2 is 1.79 bits per heavy atom. The maximum absolute atomic E-state index is 5.98. The summed E-state index contributed by atoms with van der Waals surface area (Å²) in [7, 11) is 0. The van der Waals surface area contributed by atoms with Gasteiger partial charge in [-0.15, -0.1) is 0 Å². The largest absolute Gasteiger partial charge is 0.399 e. The second-order valence-electron chi connectivity index (χ2n) is 5.38. The van der Waals surface area contributed by atoms with Gasteiger partial charge in [-0.2, -0.15) is 0 Å². The van der Waals surface area contributed by atoms with Crippen LogP contribution in [0.25, 0.3) is 0 Å². The third-order valence-corrected chi connectivity index (χ3v) is 4.09. The molecule has 0 bridgehead atoms. The number of aryl methyl sites for hydroxylation is 1. The molecular formula is C17H30N2. The van der Waals surface area contributed by atoms with Gasteiger partial charge >= 0.3 is 0 Å². The molecule has 2 nitrogen and oxygen atoms in total. The van der Waals surface area contributed by atoms with Crippen molar-refractivity contribution in [1.82, 2.24) is 4.90 Å². The van der Waals surface area contributed by atoms with E-state index in [9.17, 15) is 0 Å². The highest BCUT2D eigenvalue weighted by Gasteiger charge is 2.09. The fourth-order valence-electron chi connectivity index (χ4n) is 2.55. The van der Waals surface area contributed by atoms with E-state index < -0.39 is 0 Å². The SMILES string of the molecule is CCC(CC)CN(CC)CCCc1ccccc1N. The molecule has 0 aliphatic carbocycles. The zero-order chi connectivity index (χ0) is 14.1. The quantitative estimate of drug-likeness (QED) is 0.683. The first-order valence-corrected chi connectivity index (χ1v) is 7.76. The molecule has 0 radical (unpaired) electrons. The lowest BCUT2D eigenvalue weighted by atomic mass is 10.0. The molecule has 0 saturated carbocycles. The maximum Gasteiger partial charge on any atom is 0.0346 e. The van der Waals surface area contributed by atoms with E-state index in [4.69, 9.17) is 5.73 Å². The smallest absolute Gasteiger partial charge is 0.0346 e. The number of benzene rings is 1. The Morgan fingerprint density at radius 3 is 2.37 bits per heavy atom. The molecule has 108 valence electrons. The Hall–Kier alpha value is -1.02. The molecule has 0 saturated heterocycles. The summed E-state index contributed by atoms with van der Waals surface area (Å²) in [5.74, 6) is 0.849. The molecule has 0 aliphatic heterocycles. The molecule has 0 aliphatic rings. The van der Waals surface area contributed by atoms with Crippen LogP contribution in [-0.2, 0) is 6.42 Å². The van der Waals surface area contributed by atoms with Crippen molar-refractivity contribution >= 4 is 5.69 Å². The minimum Gasteiger partial charge on any atom is -0.399 e. The van der Waals surface area contributed by atoms with Gasteiger partial charge in [-0.3, -0.25) is 0 Å². The summed E-state index contributed by atoms with van der Waals surface area (Å²) in [5, 5.41) is 0. The zero-order valence-electron chi connectivity index (χ0n) is 12.9. The topological polar surface area (TPSA) is 29.3 Å². The van der Waals surface area contributed by atoms with E-state index in [2.05, 4.69) is 37.8 Å². The van der Waals surface area contributed by atoms with Crippen molar-refractivity contribution in [3.8, 4) is 0 Å². The first-order valence-electron chi connectivity index (χ1n) is 7.76. The lowest BCUT2D eigenvalue weighted by Gasteiger charge is -2.25. The normalized spacial score (nSPS) is 11.4. The van der Waals surface area contributed by atoms with Gasteiger partial charge < -0.3 is 10.6 Å². The van der Waals surface area contributed by atoms with Crippen LogP contribution in [0.4, 0.5) is 5.69 Å². The van der Waals surface area contributed by atoms with E-state index in [-0.39, 0.29) is 0 Å². The summed E-state index contributed by atoms with van der Waals surface area (Å²) in [4.78, 5) is 2.58. The van der Waals surface area contributed by atoms with Gasteiger partial charge in [-0.1, -0.05) is 51.8 Å². The highest BCUT2D eigenvalue weighted by molar-refractivity contribution is 5.46. The van der Waals surface area contributed by atoms with Gasteiger partial charge in [0.2, 0.25) is 0 Å². The molecule has 2 heteroatoms. The third kappa shape index (κ3) is 5.65. The molecule has 0 unspecified atom stereocenters. The summed E-state index contributed by atoms with van der Waals surface area (Å²) in [6, 6.07) is 8.22. The summed E-state index contributed by atoms with van der Waals surface area (Å²) < 4.78 is 0. The van der Waals surface area contributed by atoms with Crippen molar-refractivity contribution in [3.05, 3.63) is 29.8 Å². The Kier molecular flexibility index (Phi) is 7.57. The lowest BCUT2D eigenvalue weighted by molar-refractivity contribution is 0.231. The molecule has 0 amide bonds. The van der Waals surface area contributed by atoms with E-state index >= 15 is 0 Å². The van der Waals surface area contributed by atoms with Crippen LogP contribution >= 0.6 is 0 Å². The molecule has 0 fully saturated rings. The zero-order valence-corrected chi connectivity index (χ0v) is 12.9. The Labute approximate surface area is 119 Å². The minimum absolute atomic E-state index is 0.849. The fraction of sp³-hybridized carbons (Fsp3) is 0.647. The number of nitrogen functional groups attached to an aromatic ring is 1. The summed E-state index contributed by atoms with van der Waals surface area (Å²) >= 11 is 0. The molecule has 2 N–H and O–H groups in total. The van der Waals surface area contributed by atoms with Gasteiger partial charge in [0.05, 0.1) is 0 Å². The first kappa shape index (κ1) is 16.0. The highest BCUT2D eigenvalue weighted by Crippen LogP contribution is 2.14. The molecule has 0 atom stereocenters. The molecule has 1 rings (SSSR count). The van der Waals surface area contributed by atoms with Crippen LogP contribution in [0.2, 0.25) is 0 Å². The second-order valence-corrected chi connectivity index (χ2v) is 5.38. The Balaban J connectivity index is 2.35. The van der Waals surface area contributed by atoms with Crippen LogP contribution in [0.3, 0.4) is 0 Å². The predicted octanol–water partition coefficient (Wildman–Crippen LogP) is 3.96. The van der Waals surface area contributed by atoms with Crippen LogP contribution in [-0.4, -0.2) is 24.5 Å². The highest BCUT2D eigenvalue weighted by atomic mass is 15.1. The number of hydrogen-bond acceptors (Lipinski definition) is 2. The van der Waals surface area contributed by atoms with Crippen molar-refractivity contribution in [2.45, 2.75) is 46.5 Å². The monoisotopic (exact) mass is 262 g/mol. The number of nitrogens with zero attached hydrogens (tertiary/aromatic N) is 1. The van der Waals surface area contributed by atoms with Crippen LogP contribution in [0.5, 0.6) is 0 Å². The van der Waals surface area contributed by atoms with E-state index in [1.54, 1.807) is 0 Å². The van der Waals surface area contributed by atoms with Crippen molar-refractivity contribution in [3.63, 3.8) is 0 Å². The minimum atomic E-state index is 0.849. The van der Waals surface area contributed by atoms with Crippen LogP contribution in [0.15, 0.2) is 24.3 Å². The van der Waals surface area contributed by atoms with Gasteiger partial charge in [0.25, 0.3) is 0 Å². The van der Waals surface area contributed by atoms with Crippen molar-refractivity contribution in [1.29, 1.82) is 0 Å². The van der Waals surface area contributed by atoms with E-state index in [1.165, 1.54) is 37.9 Å². The Morgan fingerprint density at radius 1 is 1.11 bits per heavy atom. The van der Waals surface area contributed by atoms with E-state index in [1.807, 2.05) is 12.1 Å². The number of rotatable bonds is 9. The molecule has 1 aromatic rings. The number of nitrogens with two attached hydrogens (primary N) is 1. The van der Waals surface area contributed by atoms with E-state index in [0.717, 1.165) is 24.6 Å². The van der Waals surface area contributed by atoms with Crippen LogP contribution in [0.1, 0.15) is 45.6 Å². The molecule has 0 spiro atoms. The number of para-hydroxylation sites is 1. The average Bonchev–Trinajstić information content (AvgIpc) is 2.44.